The standard InChI is InChI=1S/C59H40N4O/c1-37-17-21-39(22-18-37)44-25-29-47-48-30-26-45(40-23-19-38(2)20-24-40)35-54(48)63(53(47)34-44)52-32-28-43(46-27-31-50-49-15-9-10-16-55(49)64-56(50)36-46)33-51(52)59-61-57(41-11-5-3-6-12-41)60-58(62-59)42-13-7-4-8-14-42/h3-36H,1-2H3. The molecule has 5 nitrogen and oxygen atoms in total. The van der Waals surface area contributed by atoms with E-state index in [1.54, 1.807) is 0 Å². The van der Waals surface area contributed by atoms with Gasteiger partial charge >= 0.3 is 0 Å². The Bertz CT molecular complexity index is 3560. The number of benzene rings is 9. The second-order valence-electron chi connectivity index (χ2n) is 16.6. The number of aromatic nitrogens is 4. The minimum Gasteiger partial charge on any atom is -0.456 e. The highest BCUT2D eigenvalue weighted by molar-refractivity contribution is 6.12. The second-order valence-corrected chi connectivity index (χ2v) is 16.6. The maximum Gasteiger partial charge on any atom is 0.166 e. The Labute approximate surface area is 370 Å². The summed E-state index contributed by atoms with van der Waals surface area (Å²) >= 11 is 0. The van der Waals surface area contributed by atoms with Crippen molar-refractivity contribution >= 4 is 43.7 Å². The fraction of sp³-hybridized carbons (Fsp3) is 0.0339. The number of fused-ring (bicyclic) bond motifs is 6. The predicted octanol–water partition coefficient (Wildman–Crippen LogP) is 15.5. The van der Waals surface area contributed by atoms with Gasteiger partial charge in [0.25, 0.3) is 0 Å². The quantitative estimate of drug-likeness (QED) is 0.161. The summed E-state index contributed by atoms with van der Waals surface area (Å²) in [5.41, 5.74) is 16.7. The van der Waals surface area contributed by atoms with Gasteiger partial charge in [-0.3, -0.25) is 0 Å². The van der Waals surface area contributed by atoms with Crippen molar-refractivity contribution in [3.05, 3.63) is 217 Å². The van der Waals surface area contributed by atoms with Gasteiger partial charge in [-0.25, -0.2) is 15.0 Å². The molecule has 0 amide bonds. The third-order valence-electron chi connectivity index (χ3n) is 12.4. The van der Waals surface area contributed by atoms with E-state index in [1.165, 1.54) is 22.3 Å². The molecular formula is C59H40N4O. The molecule has 12 aromatic rings. The summed E-state index contributed by atoms with van der Waals surface area (Å²) in [4.78, 5) is 15.8. The molecule has 0 spiro atoms. The monoisotopic (exact) mass is 820 g/mol. The Morgan fingerprint density at radius 3 is 1.34 bits per heavy atom. The van der Waals surface area contributed by atoms with Crippen LogP contribution in [0.4, 0.5) is 0 Å². The van der Waals surface area contributed by atoms with Crippen molar-refractivity contribution in [3.63, 3.8) is 0 Å². The van der Waals surface area contributed by atoms with Gasteiger partial charge in [0.15, 0.2) is 17.5 Å². The molecule has 0 bridgehead atoms. The Morgan fingerprint density at radius 2 is 0.766 bits per heavy atom. The highest BCUT2D eigenvalue weighted by atomic mass is 16.3. The van der Waals surface area contributed by atoms with Gasteiger partial charge in [0.2, 0.25) is 0 Å². The maximum atomic E-state index is 6.41. The zero-order valence-electron chi connectivity index (χ0n) is 35.3. The van der Waals surface area contributed by atoms with Crippen LogP contribution in [0.5, 0.6) is 0 Å². The molecule has 0 atom stereocenters. The van der Waals surface area contributed by atoms with Crippen LogP contribution in [-0.4, -0.2) is 19.5 Å². The molecule has 0 unspecified atom stereocenters. The zero-order valence-corrected chi connectivity index (χ0v) is 35.3. The summed E-state index contributed by atoms with van der Waals surface area (Å²) in [5.74, 6) is 1.79. The van der Waals surface area contributed by atoms with Crippen molar-refractivity contribution < 1.29 is 4.42 Å². The minimum absolute atomic E-state index is 0.578. The summed E-state index contributed by atoms with van der Waals surface area (Å²) in [6.07, 6.45) is 0. The van der Waals surface area contributed by atoms with Crippen molar-refractivity contribution in [3.8, 4) is 73.2 Å². The smallest absolute Gasteiger partial charge is 0.166 e. The van der Waals surface area contributed by atoms with Crippen LogP contribution in [-0.2, 0) is 0 Å². The molecule has 12 rings (SSSR count). The van der Waals surface area contributed by atoms with Crippen molar-refractivity contribution in [1.29, 1.82) is 0 Å². The lowest BCUT2D eigenvalue weighted by molar-refractivity contribution is 0.669. The van der Waals surface area contributed by atoms with E-state index < -0.39 is 0 Å². The Morgan fingerprint density at radius 1 is 0.328 bits per heavy atom. The van der Waals surface area contributed by atoms with Gasteiger partial charge in [0.1, 0.15) is 11.2 Å². The normalized spacial score (nSPS) is 11.6. The van der Waals surface area contributed by atoms with E-state index in [4.69, 9.17) is 19.4 Å². The summed E-state index contributed by atoms with van der Waals surface area (Å²) in [5, 5.41) is 4.52. The molecule has 302 valence electrons. The number of para-hydroxylation sites is 1. The average molecular weight is 821 g/mol. The highest BCUT2D eigenvalue weighted by Crippen LogP contribution is 2.42. The molecule has 64 heavy (non-hydrogen) atoms. The molecule has 0 aliphatic heterocycles. The number of rotatable bonds is 7. The zero-order chi connectivity index (χ0) is 42.7. The molecule has 0 fully saturated rings. The average Bonchev–Trinajstić information content (AvgIpc) is 3.89. The molecule has 0 radical (unpaired) electrons. The number of hydrogen-bond donors (Lipinski definition) is 0. The van der Waals surface area contributed by atoms with E-state index in [1.807, 2.05) is 48.5 Å². The molecule has 0 saturated carbocycles. The molecule has 0 N–H and O–H groups in total. The Hall–Kier alpha value is -8.41. The van der Waals surface area contributed by atoms with Gasteiger partial charge in [0, 0.05) is 38.2 Å². The van der Waals surface area contributed by atoms with E-state index in [2.05, 4.69) is 176 Å². The lowest BCUT2D eigenvalue weighted by atomic mass is 9.99. The first-order valence-electron chi connectivity index (χ1n) is 21.7. The summed E-state index contributed by atoms with van der Waals surface area (Å²) in [7, 11) is 0. The molecular weight excluding hydrogens is 781 g/mol. The van der Waals surface area contributed by atoms with E-state index >= 15 is 0 Å². The van der Waals surface area contributed by atoms with Crippen LogP contribution in [0.25, 0.3) is 117 Å². The third kappa shape index (κ3) is 6.54. The fourth-order valence-electron chi connectivity index (χ4n) is 9.05. The first-order chi connectivity index (χ1) is 31.5. The molecule has 3 heterocycles. The first-order valence-corrected chi connectivity index (χ1v) is 21.7. The molecule has 5 heteroatoms. The van der Waals surface area contributed by atoms with E-state index in [0.717, 1.165) is 88.4 Å². The number of nitrogens with zero attached hydrogens (tertiary/aromatic N) is 4. The van der Waals surface area contributed by atoms with Gasteiger partial charge in [-0.2, -0.15) is 0 Å². The van der Waals surface area contributed by atoms with Crippen LogP contribution < -0.4 is 0 Å². The van der Waals surface area contributed by atoms with Crippen LogP contribution in [0.1, 0.15) is 11.1 Å². The van der Waals surface area contributed by atoms with Crippen molar-refractivity contribution in [2.75, 3.05) is 0 Å². The van der Waals surface area contributed by atoms with Gasteiger partial charge in [-0.15, -0.1) is 0 Å². The van der Waals surface area contributed by atoms with Crippen LogP contribution in [0.2, 0.25) is 0 Å². The van der Waals surface area contributed by atoms with Crippen LogP contribution in [0.15, 0.2) is 211 Å². The number of aryl methyl sites for hydroxylation is 2. The van der Waals surface area contributed by atoms with Crippen LogP contribution >= 0.6 is 0 Å². The third-order valence-corrected chi connectivity index (χ3v) is 12.4. The maximum absolute atomic E-state index is 6.41. The Balaban J connectivity index is 1.16. The van der Waals surface area contributed by atoms with Crippen molar-refractivity contribution in [2.45, 2.75) is 13.8 Å². The topological polar surface area (TPSA) is 56.7 Å². The molecule has 3 aromatic heterocycles. The summed E-state index contributed by atoms with van der Waals surface area (Å²) in [6, 6.07) is 73.0. The molecule has 0 aliphatic rings. The first kappa shape index (κ1) is 37.4. The van der Waals surface area contributed by atoms with Crippen LogP contribution in [0, 0.1) is 13.8 Å². The minimum atomic E-state index is 0.578. The van der Waals surface area contributed by atoms with Gasteiger partial charge in [-0.1, -0.05) is 175 Å². The molecule has 9 aromatic carbocycles. The summed E-state index contributed by atoms with van der Waals surface area (Å²) in [6.45, 7) is 4.26. The fourth-order valence-corrected chi connectivity index (χ4v) is 9.05. The molecule has 0 saturated heterocycles. The highest BCUT2D eigenvalue weighted by Gasteiger charge is 2.22. The van der Waals surface area contributed by atoms with Gasteiger partial charge in [0.05, 0.1) is 16.7 Å². The summed E-state index contributed by atoms with van der Waals surface area (Å²) < 4.78 is 8.82. The largest absolute Gasteiger partial charge is 0.456 e. The predicted molar refractivity (Wildman–Crippen MR) is 264 cm³/mol. The Kier molecular flexibility index (Phi) is 8.87. The second kappa shape index (κ2) is 15.2. The lowest BCUT2D eigenvalue weighted by Gasteiger charge is -2.17. The SMILES string of the molecule is Cc1ccc(-c2ccc3c4ccc(-c5ccc(C)cc5)cc4n(-c4ccc(-c5ccc6c(c5)oc5ccccc56)cc4-c4nc(-c5ccccc5)nc(-c5ccccc5)n4)c3c2)cc1. The lowest BCUT2D eigenvalue weighted by Crippen LogP contribution is -2.04. The van der Waals surface area contributed by atoms with Crippen molar-refractivity contribution in [1.82, 2.24) is 19.5 Å². The van der Waals surface area contributed by atoms with Crippen LogP contribution in [0.3, 0.4) is 0 Å². The van der Waals surface area contributed by atoms with Gasteiger partial charge in [-0.05, 0) is 89.7 Å². The number of furan rings is 1. The van der Waals surface area contributed by atoms with E-state index in [-0.39, 0.29) is 0 Å². The molecule has 0 aliphatic carbocycles. The van der Waals surface area contributed by atoms with Crippen molar-refractivity contribution in [2.24, 2.45) is 0 Å². The van der Waals surface area contributed by atoms with Gasteiger partial charge < -0.3 is 8.98 Å². The number of hydrogen-bond acceptors (Lipinski definition) is 4. The van der Waals surface area contributed by atoms with E-state index in [9.17, 15) is 0 Å². The van der Waals surface area contributed by atoms with E-state index in [0.29, 0.717) is 17.5 Å².